The number of carbonyl (C=O) groups is 1. The molecule has 0 unspecified atom stereocenters. The minimum atomic E-state index is -1.01. The second-order valence-corrected chi connectivity index (χ2v) is 4.11. The van der Waals surface area contributed by atoms with E-state index in [4.69, 9.17) is 14.6 Å². The number of carboxylic acids is 1. The van der Waals surface area contributed by atoms with Gasteiger partial charge in [0.15, 0.2) is 0 Å². The highest BCUT2D eigenvalue weighted by Crippen LogP contribution is 2.23. The van der Waals surface area contributed by atoms with Gasteiger partial charge < -0.3 is 14.6 Å². The summed E-state index contributed by atoms with van der Waals surface area (Å²) in [7, 11) is 0. The van der Waals surface area contributed by atoms with Gasteiger partial charge in [-0.1, -0.05) is 18.2 Å². The van der Waals surface area contributed by atoms with Crippen LogP contribution in [-0.2, 0) is 4.79 Å². The summed E-state index contributed by atoms with van der Waals surface area (Å²) < 4.78 is 10.9. The molecule has 2 aromatic rings. The van der Waals surface area contributed by atoms with Crippen molar-refractivity contribution in [3.63, 3.8) is 0 Å². The molecule has 0 amide bonds. The first kappa shape index (κ1) is 13.7. The summed E-state index contributed by atoms with van der Waals surface area (Å²) in [6.45, 7) is 1.47. The number of carboxylic acid groups (broad SMARTS) is 1. The van der Waals surface area contributed by atoms with E-state index in [1.54, 1.807) is 24.3 Å². The number of hydrogen-bond acceptors (Lipinski definition) is 3. The van der Waals surface area contributed by atoms with Crippen LogP contribution >= 0.6 is 0 Å². The SMILES string of the molecule is CC(=COc1ccc(Oc2ccccc2)cc1)C(=O)O. The molecule has 102 valence electrons. The van der Waals surface area contributed by atoms with E-state index in [-0.39, 0.29) is 5.57 Å². The summed E-state index contributed by atoms with van der Waals surface area (Å²) in [4.78, 5) is 10.6. The minimum absolute atomic E-state index is 0.134. The topological polar surface area (TPSA) is 55.8 Å². The van der Waals surface area contributed by atoms with Gasteiger partial charge in [0.05, 0.1) is 5.57 Å². The van der Waals surface area contributed by atoms with Crippen molar-refractivity contribution in [3.8, 4) is 17.2 Å². The summed E-state index contributed by atoms with van der Waals surface area (Å²) in [6.07, 6.45) is 1.20. The molecule has 20 heavy (non-hydrogen) atoms. The monoisotopic (exact) mass is 270 g/mol. The van der Waals surface area contributed by atoms with Crippen molar-refractivity contribution in [2.24, 2.45) is 0 Å². The van der Waals surface area contributed by atoms with Gasteiger partial charge in [-0.15, -0.1) is 0 Å². The van der Waals surface area contributed by atoms with Crippen molar-refractivity contribution in [3.05, 3.63) is 66.4 Å². The van der Waals surface area contributed by atoms with Crippen LogP contribution in [-0.4, -0.2) is 11.1 Å². The zero-order valence-electron chi connectivity index (χ0n) is 10.9. The van der Waals surface area contributed by atoms with Crippen molar-refractivity contribution in [2.45, 2.75) is 6.92 Å². The maximum atomic E-state index is 10.6. The van der Waals surface area contributed by atoms with Crippen LogP contribution in [0.1, 0.15) is 6.92 Å². The lowest BCUT2D eigenvalue weighted by atomic mass is 10.3. The van der Waals surface area contributed by atoms with Crippen LogP contribution in [0.25, 0.3) is 0 Å². The molecule has 0 atom stereocenters. The van der Waals surface area contributed by atoms with Gasteiger partial charge in [0.25, 0.3) is 0 Å². The van der Waals surface area contributed by atoms with Crippen molar-refractivity contribution in [1.29, 1.82) is 0 Å². The van der Waals surface area contributed by atoms with E-state index in [2.05, 4.69) is 0 Å². The summed E-state index contributed by atoms with van der Waals surface area (Å²) in [5, 5.41) is 8.70. The summed E-state index contributed by atoms with van der Waals surface area (Å²) in [6, 6.07) is 16.4. The van der Waals surface area contributed by atoms with E-state index in [0.717, 1.165) is 5.75 Å². The van der Waals surface area contributed by atoms with Crippen molar-refractivity contribution >= 4 is 5.97 Å². The molecule has 0 bridgehead atoms. The summed E-state index contributed by atoms with van der Waals surface area (Å²) in [5.74, 6) is 0.977. The van der Waals surface area contributed by atoms with Crippen LogP contribution < -0.4 is 9.47 Å². The molecule has 4 nitrogen and oxygen atoms in total. The Morgan fingerprint density at radius 1 is 0.950 bits per heavy atom. The maximum Gasteiger partial charge on any atom is 0.334 e. The van der Waals surface area contributed by atoms with Gasteiger partial charge in [-0.2, -0.15) is 0 Å². The summed E-state index contributed by atoms with van der Waals surface area (Å²) in [5.41, 5.74) is 0.134. The Hall–Kier alpha value is -2.75. The van der Waals surface area contributed by atoms with Crippen LogP contribution in [0.2, 0.25) is 0 Å². The predicted octanol–water partition coefficient (Wildman–Crippen LogP) is 3.85. The van der Waals surface area contributed by atoms with E-state index >= 15 is 0 Å². The molecule has 2 rings (SSSR count). The highest BCUT2D eigenvalue weighted by Gasteiger charge is 2.01. The molecule has 0 radical (unpaired) electrons. The number of hydrogen-bond donors (Lipinski definition) is 1. The van der Waals surface area contributed by atoms with Gasteiger partial charge in [0.1, 0.15) is 23.5 Å². The highest BCUT2D eigenvalue weighted by atomic mass is 16.5. The van der Waals surface area contributed by atoms with Gasteiger partial charge in [0.2, 0.25) is 0 Å². The number of benzene rings is 2. The molecule has 0 heterocycles. The average molecular weight is 270 g/mol. The second-order valence-electron chi connectivity index (χ2n) is 4.11. The third-order valence-electron chi connectivity index (χ3n) is 2.51. The number of para-hydroxylation sites is 1. The standard InChI is InChI=1S/C16H14O4/c1-12(16(17)18)11-19-13-7-9-15(10-8-13)20-14-5-3-2-4-6-14/h2-11H,1H3,(H,17,18). The lowest BCUT2D eigenvalue weighted by Gasteiger charge is -2.06. The first-order valence-electron chi connectivity index (χ1n) is 6.05. The van der Waals surface area contributed by atoms with Gasteiger partial charge in [0, 0.05) is 0 Å². The Kier molecular flexibility index (Phi) is 4.39. The van der Waals surface area contributed by atoms with E-state index in [1.165, 1.54) is 13.2 Å². The third kappa shape index (κ3) is 3.88. The highest BCUT2D eigenvalue weighted by molar-refractivity contribution is 5.85. The molecular formula is C16H14O4. The van der Waals surface area contributed by atoms with Gasteiger partial charge in [-0.25, -0.2) is 4.79 Å². The predicted molar refractivity (Wildman–Crippen MR) is 75.0 cm³/mol. The lowest BCUT2D eigenvalue weighted by Crippen LogP contribution is -1.98. The minimum Gasteiger partial charge on any atom is -0.478 e. The summed E-state index contributed by atoms with van der Waals surface area (Å²) >= 11 is 0. The third-order valence-corrected chi connectivity index (χ3v) is 2.51. The molecule has 0 aromatic heterocycles. The first-order valence-corrected chi connectivity index (χ1v) is 6.05. The molecule has 1 N–H and O–H groups in total. The van der Waals surface area contributed by atoms with Crippen LogP contribution in [0.4, 0.5) is 0 Å². The second kappa shape index (κ2) is 6.43. The Labute approximate surface area is 116 Å². The van der Waals surface area contributed by atoms with E-state index < -0.39 is 5.97 Å². The van der Waals surface area contributed by atoms with Crippen molar-refractivity contribution in [2.75, 3.05) is 0 Å². The lowest BCUT2D eigenvalue weighted by molar-refractivity contribution is -0.132. The maximum absolute atomic E-state index is 10.6. The van der Waals surface area contributed by atoms with E-state index in [1.807, 2.05) is 30.3 Å². The molecule has 0 spiro atoms. The molecule has 0 saturated carbocycles. The Balaban J connectivity index is 2.00. The van der Waals surface area contributed by atoms with Crippen LogP contribution in [0.3, 0.4) is 0 Å². The zero-order valence-corrected chi connectivity index (χ0v) is 10.9. The van der Waals surface area contributed by atoms with Crippen molar-refractivity contribution < 1.29 is 19.4 Å². The van der Waals surface area contributed by atoms with Crippen molar-refractivity contribution in [1.82, 2.24) is 0 Å². The molecule has 0 fully saturated rings. The number of rotatable bonds is 5. The smallest absolute Gasteiger partial charge is 0.334 e. The Bertz CT molecular complexity index is 600. The molecule has 0 saturated heterocycles. The average Bonchev–Trinajstić information content (AvgIpc) is 2.47. The number of ether oxygens (including phenoxy) is 2. The molecule has 0 aliphatic carbocycles. The molecule has 0 aliphatic rings. The fourth-order valence-corrected chi connectivity index (χ4v) is 1.42. The molecular weight excluding hydrogens is 256 g/mol. The molecule has 0 aliphatic heterocycles. The molecule has 2 aromatic carbocycles. The Morgan fingerprint density at radius 2 is 1.50 bits per heavy atom. The van der Waals surface area contributed by atoms with Crippen LogP contribution in [0, 0.1) is 0 Å². The quantitative estimate of drug-likeness (QED) is 0.662. The zero-order chi connectivity index (χ0) is 14.4. The normalized spacial score (nSPS) is 10.9. The van der Waals surface area contributed by atoms with Crippen LogP contribution in [0.5, 0.6) is 17.2 Å². The Morgan fingerprint density at radius 3 is 2.10 bits per heavy atom. The van der Waals surface area contributed by atoms with E-state index in [0.29, 0.717) is 11.5 Å². The molecule has 4 heteroatoms. The van der Waals surface area contributed by atoms with E-state index in [9.17, 15) is 4.79 Å². The fourth-order valence-electron chi connectivity index (χ4n) is 1.42. The van der Waals surface area contributed by atoms with Gasteiger partial charge in [-0.3, -0.25) is 0 Å². The van der Waals surface area contributed by atoms with Crippen LogP contribution in [0.15, 0.2) is 66.4 Å². The fraction of sp³-hybridized carbons (Fsp3) is 0.0625. The largest absolute Gasteiger partial charge is 0.478 e. The first-order chi connectivity index (χ1) is 9.65. The van der Waals surface area contributed by atoms with Gasteiger partial charge in [-0.05, 0) is 43.3 Å². The number of aliphatic carboxylic acids is 1. The van der Waals surface area contributed by atoms with Gasteiger partial charge >= 0.3 is 5.97 Å².